The molecule has 0 saturated heterocycles. The van der Waals surface area contributed by atoms with E-state index in [1.165, 1.54) is 17.7 Å². The maximum absolute atomic E-state index is 13.4. The third-order valence-corrected chi connectivity index (χ3v) is 3.25. The van der Waals surface area contributed by atoms with E-state index < -0.39 is 0 Å². The molecule has 2 aromatic carbocycles. The Hall–Kier alpha value is -2.31. The third kappa shape index (κ3) is 4.08. The van der Waals surface area contributed by atoms with Crippen LogP contribution in [-0.2, 0) is 6.54 Å². The zero-order valence-corrected chi connectivity index (χ0v) is 12.4. The molecule has 0 bridgehead atoms. The number of aryl methyl sites for hydroxylation is 1. The molecular formula is C18H19FN2. The molecule has 2 aromatic rings. The van der Waals surface area contributed by atoms with Crippen molar-refractivity contribution in [2.24, 2.45) is 5.73 Å². The second kappa shape index (κ2) is 6.92. The average Bonchev–Trinajstić information content (AvgIpc) is 2.47. The quantitative estimate of drug-likeness (QED) is 0.877. The Balaban J connectivity index is 2.26. The summed E-state index contributed by atoms with van der Waals surface area (Å²) in [6, 6.07) is 13.0. The Kier molecular flexibility index (Phi) is 4.97. The second-order valence-electron chi connectivity index (χ2n) is 5.00. The van der Waals surface area contributed by atoms with Crippen LogP contribution >= 0.6 is 0 Å². The van der Waals surface area contributed by atoms with Crippen LogP contribution in [0.15, 0.2) is 42.5 Å². The van der Waals surface area contributed by atoms with Gasteiger partial charge in [-0.15, -0.1) is 0 Å². The van der Waals surface area contributed by atoms with Gasteiger partial charge in [0.25, 0.3) is 0 Å². The van der Waals surface area contributed by atoms with Crippen LogP contribution in [0.1, 0.15) is 16.7 Å². The lowest BCUT2D eigenvalue weighted by Gasteiger charge is -2.20. The SMILES string of the molecule is Cc1cccc(N(C)Cc2ccc(F)cc2C#CCN)c1. The topological polar surface area (TPSA) is 29.3 Å². The van der Waals surface area contributed by atoms with E-state index in [1.807, 2.05) is 13.1 Å². The monoisotopic (exact) mass is 282 g/mol. The fourth-order valence-electron chi connectivity index (χ4n) is 2.16. The average molecular weight is 282 g/mol. The first kappa shape index (κ1) is 15.1. The second-order valence-corrected chi connectivity index (χ2v) is 5.00. The van der Waals surface area contributed by atoms with Crippen molar-refractivity contribution in [1.29, 1.82) is 0 Å². The highest BCUT2D eigenvalue weighted by Gasteiger charge is 2.07. The van der Waals surface area contributed by atoms with Crippen LogP contribution in [0.5, 0.6) is 0 Å². The predicted molar refractivity (Wildman–Crippen MR) is 85.6 cm³/mol. The van der Waals surface area contributed by atoms with Crippen molar-refractivity contribution >= 4 is 5.69 Å². The van der Waals surface area contributed by atoms with E-state index in [9.17, 15) is 4.39 Å². The summed E-state index contributed by atoms with van der Waals surface area (Å²) in [6.45, 7) is 3.00. The number of rotatable bonds is 3. The lowest BCUT2D eigenvalue weighted by molar-refractivity contribution is 0.626. The lowest BCUT2D eigenvalue weighted by atomic mass is 10.1. The van der Waals surface area contributed by atoms with Crippen LogP contribution in [-0.4, -0.2) is 13.6 Å². The Labute approximate surface area is 125 Å². The largest absolute Gasteiger partial charge is 0.370 e. The van der Waals surface area contributed by atoms with Crippen LogP contribution in [0.2, 0.25) is 0 Å². The summed E-state index contributed by atoms with van der Waals surface area (Å²) in [5, 5.41) is 0. The van der Waals surface area contributed by atoms with Gasteiger partial charge < -0.3 is 10.6 Å². The van der Waals surface area contributed by atoms with Gasteiger partial charge in [-0.05, 0) is 42.3 Å². The number of halogens is 1. The van der Waals surface area contributed by atoms with Gasteiger partial charge in [0, 0.05) is 24.8 Å². The molecule has 0 atom stereocenters. The van der Waals surface area contributed by atoms with Gasteiger partial charge in [0.2, 0.25) is 0 Å². The Morgan fingerprint density at radius 3 is 2.71 bits per heavy atom. The van der Waals surface area contributed by atoms with Gasteiger partial charge >= 0.3 is 0 Å². The highest BCUT2D eigenvalue weighted by Crippen LogP contribution is 2.19. The normalized spacial score (nSPS) is 9.90. The van der Waals surface area contributed by atoms with Crippen LogP contribution in [0.25, 0.3) is 0 Å². The number of hydrogen-bond donors (Lipinski definition) is 1. The molecule has 0 unspecified atom stereocenters. The van der Waals surface area contributed by atoms with Crippen molar-refractivity contribution in [1.82, 2.24) is 0 Å². The molecule has 0 aliphatic rings. The molecule has 0 spiro atoms. The first-order chi connectivity index (χ1) is 10.1. The molecule has 0 saturated carbocycles. The van der Waals surface area contributed by atoms with E-state index in [-0.39, 0.29) is 12.4 Å². The maximum Gasteiger partial charge on any atom is 0.124 e. The van der Waals surface area contributed by atoms with Crippen molar-refractivity contribution in [3.05, 3.63) is 65.0 Å². The van der Waals surface area contributed by atoms with E-state index in [0.717, 1.165) is 11.3 Å². The highest BCUT2D eigenvalue weighted by atomic mass is 19.1. The van der Waals surface area contributed by atoms with Crippen molar-refractivity contribution in [2.75, 3.05) is 18.5 Å². The fraction of sp³-hybridized carbons (Fsp3) is 0.222. The number of anilines is 1. The van der Waals surface area contributed by atoms with Crippen molar-refractivity contribution < 1.29 is 4.39 Å². The van der Waals surface area contributed by atoms with Gasteiger partial charge in [-0.25, -0.2) is 4.39 Å². The molecule has 0 amide bonds. The number of hydrogen-bond acceptors (Lipinski definition) is 2. The third-order valence-electron chi connectivity index (χ3n) is 3.25. The summed E-state index contributed by atoms with van der Waals surface area (Å²) in [7, 11) is 2.01. The molecule has 2 nitrogen and oxygen atoms in total. The van der Waals surface area contributed by atoms with E-state index in [2.05, 4.69) is 41.9 Å². The minimum absolute atomic E-state index is 0.268. The molecule has 0 heterocycles. The zero-order chi connectivity index (χ0) is 15.2. The van der Waals surface area contributed by atoms with E-state index in [1.54, 1.807) is 6.07 Å². The summed E-state index contributed by atoms with van der Waals surface area (Å²) in [5.74, 6) is 5.45. The Morgan fingerprint density at radius 1 is 1.19 bits per heavy atom. The van der Waals surface area contributed by atoms with Crippen molar-refractivity contribution in [3.63, 3.8) is 0 Å². The van der Waals surface area contributed by atoms with E-state index in [0.29, 0.717) is 12.1 Å². The Morgan fingerprint density at radius 2 is 2.00 bits per heavy atom. The summed E-state index contributed by atoms with van der Waals surface area (Å²) in [6.07, 6.45) is 0. The molecule has 2 rings (SSSR count). The standard InChI is InChI=1S/C18H19FN2/c1-14-5-3-7-18(11-14)21(2)13-16-8-9-17(19)12-15(16)6-4-10-20/h3,5,7-9,11-12H,10,13,20H2,1-2H3. The van der Waals surface area contributed by atoms with Gasteiger partial charge in [-0.1, -0.05) is 30.0 Å². The number of benzene rings is 2. The zero-order valence-electron chi connectivity index (χ0n) is 12.4. The molecule has 0 aliphatic heterocycles. The fourth-order valence-corrected chi connectivity index (χ4v) is 2.16. The highest BCUT2D eigenvalue weighted by molar-refractivity contribution is 5.50. The molecule has 3 heteroatoms. The molecule has 0 aromatic heterocycles. The summed E-state index contributed by atoms with van der Waals surface area (Å²) in [4.78, 5) is 2.12. The van der Waals surface area contributed by atoms with Crippen LogP contribution in [0.4, 0.5) is 10.1 Å². The van der Waals surface area contributed by atoms with Crippen LogP contribution in [0, 0.1) is 24.6 Å². The minimum atomic E-state index is -0.279. The van der Waals surface area contributed by atoms with Crippen LogP contribution < -0.4 is 10.6 Å². The van der Waals surface area contributed by atoms with Crippen molar-refractivity contribution in [2.45, 2.75) is 13.5 Å². The molecule has 0 fully saturated rings. The summed E-state index contributed by atoms with van der Waals surface area (Å²) < 4.78 is 13.4. The Bertz CT molecular complexity index is 683. The smallest absolute Gasteiger partial charge is 0.124 e. The molecule has 0 aliphatic carbocycles. The molecule has 108 valence electrons. The first-order valence-corrected chi connectivity index (χ1v) is 6.85. The lowest BCUT2D eigenvalue weighted by Crippen LogP contribution is -2.17. The predicted octanol–water partition coefficient (Wildman–Crippen LogP) is 3.08. The van der Waals surface area contributed by atoms with Gasteiger partial charge in [0.15, 0.2) is 0 Å². The van der Waals surface area contributed by atoms with E-state index >= 15 is 0 Å². The van der Waals surface area contributed by atoms with Gasteiger partial charge in [-0.2, -0.15) is 0 Å². The van der Waals surface area contributed by atoms with Crippen LogP contribution in [0.3, 0.4) is 0 Å². The molecule has 2 N–H and O–H groups in total. The van der Waals surface area contributed by atoms with Gasteiger partial charge in [-0.3, -0.25) is 0 Å². The van der Waals surface area contributed by atoms with Gasteiger partial charge in [0.05, 0.1) is 6.54 Å². The number of nitrogens with two attached hydrogens (primary N) is 1. The molecular weight excluding hydrogens is 263 g/mol. The number of nitrogens with zero attached hydrogens (tertiary/aromatic N) is 1. The van der Waals surface area contributed by atoms with E-state index in [4.69, 9.17) is 5.73 Å². The van der Waals surface area contributed by atoms with Gasteiger partial charge in [0.1, 0.15) is 5.82 Å². The first-order valence-electron chi connectivity index (χ1n) is 6.85. The molecule has 0 radical (unpaired) electrons. The summed E-state index contributed by atoms with van der Waals surface area (Å²) >= 11 is 0. The van der Waals surface area contributed by atoms with Crippen molar-refractivity contribution in [3.8, 4) is 11.8 Å². The maximum atomic E-state index is 13.4. The minimum Gasteiger partial charge on any atom is -0.370 e. The molecule has 21 heavy (non-hydrogen) atoms. The summed E-state index contributed by atoms with van der Waals surface area (Å²) in [5.41, 5.74) is 9.41.